The molecule has 0 aliphatic rings. The highest BCUT2D eigenvalue weighted by Gasteiger charge is 2.13. The minimum Gasteiger partial charge on any atom is -0.485 e. The van der Waals surface area contributed by atoms with Crippen LogP contribution in [0, 0.1) is 12.7 Å². The second-order valence-corrected chi connectivity index (χ2v) is 3.45. The van der Waals surface area contributed by atoms with Crippen molar-refractivity contribution in [3.8, 4) is 5.75 Å². The number of aliphatic hydroxyl groups is 1. The van der Waals surface area contributed by atoms with Crippen molar-refractivity contribution in [3.63, 3.8) is 0 Å². The van der Waals surface area contributed by atoms with Gasteiger partial charge in [-0.05, 0) is 32.4 Å². The van der Waals surface area contributed by atoms with Gasteiger partial charge in [-0.2, -0.15) is 0 Å². The number of hydrogen-bond donors (Lipinski definition) is 1. The summed E-state index contributed by atoms with van der Waals surface area (Å²) in [6, 6.07) is 4.96. The zero-order valence-electron chi connectivity index (χ0n) is 8.62. The van der Waals surface area contributed by atoms with Crippen molar-refractivity contribution < 1.29 is 14.2 Å². The molecular formula is C11H15FO2. The van der Waals surface area contributed by atoms with Gasteiger partial charge in [0.1, 0.15) is 6.10 Å². The number of hydrogen-bond acceptors (Lipinski definition) is 2. The van der Waals surface area contributed by atoms with Crippen molar-refractivity contribution in [3.05, 3.63) is 29.6 Å². The molecule has 14 heavy (non-hydrogen) atoms. The zero-order chi connectivity index (χ0) is 10.7. The normalized spacial score (nSPS) is 14.9. The van der Waals surface area contributed by atoms with Crippen molar-refractivity contribution in [2.45, 2.75) is 33.0 Å². The van der Waals surface area contributed by atoms with Gasteiger partial charge in [0, 0.05) is 0 Å². The van der Waals surface area contributed by atoms with E-state index >= 15 is 0 Å². The summed E-state index contributed by atoms with van der Waals surface area (Å²) in [6.07, 6.45) is -1.03. The lowest BCUT2D eigenvalue weighted by Gasteiger charge is -2.17. The summed E-state index contributed by atoms with van der Waals surface area (Å²) in [6.45, 7) is 4.99. The Bertz CT molecular complexity index is 310. The van der Waals surface area contributed by atoms with Gasteiger partial charge in [0.15, 0.2) is 11.6 Å². The molecule has 0 bridgehead atoms. The Labute approximate surface area is 83.3 Å². The topological polar surface area (TPSA) is 29.5 Å². The molecule has 1 unspecified atom stereocenters. The Morgan fingerprint density at radius 3 is 2.57 bits per heavy atom. The smallest absolute Gasteiger partial charge is 0.167 e. The van der Waals surface area contributed by atoms with Gasteiger partial charge in [0.2, 0.25) is 0 Å². The van der Waals surface area contributed by atoms with Crippen LogP contribution in [0.25, 0.3) is 0 Å². The highest BCUT2D eigenvalue weighted by atomic mass is 19.1. The summed E-state index contributed by atoms with van der Waals surface area (Å²) in [7, 11) is 0. The summed E-state index contributed by atoms with van der Waals surface area (Å²) in [4.78, 5) is 0. The van der Waals surface area contributed by atoms with Crippen molar-refractivity contribution in [1.29, 1.82) is 0 Å². The van der Waals surface area contributed by atoms with Crippen LogP contribution in [0.15, 0.2) is 18.2 Å². The van der Waals surface area contributed by atoms with E-state index < -0.39 is 12.2 Å². The van der Waals surface area contributed by atoms with E-state index in [1.54, 1.807) is 39.0 Å². The summed E-state index contributed by atoms with van der Waals surface area (Å²) in [5, 5.41) is 9.19. The summed E-state index contributed by atoms with van der Waals surface area (Å²) in [5.74, 6) is -0.168. The first kappa shape index (κ1) is 11.0. The lowest BCUT2D eigenvalue weighted by Crippen LogP contribution is -2.26. The van der Waals surface area contributed by atoms with Crippen LogP contribution in [-0.4, -0.2) is 17.3 Å². The lowest BCUT2D eigenvalue weighted by molar-refractivity contribution is 0.0578. The minimum atomic E-state index is -0.616. The lowest BCUT2D eigenvalue weighted by atomic mass is 10.2. The van der Waals surface area contributed by atoms with E-state index in [0.717, 1.165) is 0 Å². The molecule has 0 heterocycles. The molecule has 0 aliphatic carbocycles. The Morgan fingerprint density at radius 2 is 2.00 bits per heavy atom. The van der Waals surface area contributed by atoms with E-state index in [4.69, 9.17) is 4.74 Å². The monoisotopic (exact) mass is 198 g/mol. The maximum absolute atomic E-state index is 13.4. The fraction of sp³-hybridized carbons (Fsp3) is 0.455. The van der Waals surface area contributed by atoms with E-state index in [0.29, 0.717) is 5.56 Å². The van der Waals surface area contributed by atoms with Crippen molar-refractivity contribution >= 4 is 0 Å². The van der Waals surface area contributed by atoms with Crippen LogP contribution >= 0.6 is 0 Å². The second-order valence-electron chi connectivity index (χ2n) is 3.45. The van der Waals surface area contributed by atoms with Crippen LogP contribution in [0.3, 0.4) is 0 Å². The molecule has 0 aromatic heterocycles. The van der Waals surface area contributed by atoms with Crippen LogP contribution in [0.4, 0.5) is 4.39 Å². The van der Waals surface area contributed by atoms with Crippen LogP contribution in [0.2, 0.25) is 0 Å². The van der Waals surface area contributed by atoms with E-state index in [9.17, 15) is 9.50 Å². The summed E-state index contributed by atoms with van der Waals surface area (Å²) in [5.41, 5.74) is 0.542. The highest BCUT2D eigenvalue weighted by Crippen LogP contribution is 2.21. The molecule has 1 aromatic carbocycles. The summed E-state index contributed by atoms with van der Waals surface area (Å²) < 4.78 is 18.7. The van der Waals surface area contributed by atoms with Gasteiger partial charge < -0.3 is 9.84 Å². The Morgan fingerprint density at radius 1 is 1.36 bits per heavy atom. The van der Waals surface area contributed by atoms with Gasteiger partial charge >= 0.3 is 0 Å². The number of benzene rings is 1. The average molecular weight is 198 g/mol. The molecule has 78 valence electrons. The predicted octanol–water partition coefficient (Wildman–Crippen LogP) is 2.28. The average Bonchev–Trinajstić information content (AvgIpc) is 2.12. The molecule has 1 N–H and O–H groups in total. The molecule has 0 saturated heterocycles. The fourth-order valence-electron chi connectivity index (χ4n) is 1.01. The van der Waals surface area contributed by atoms with E-state index in [-0.39, 0.29) is 11.6 Å². The number of halogens is 1. The van der Waals surface area contributed by atoms with Crippen molar-refractivity contribution in [2.24, 2.45) is 0 Å². The van der Waals surface area contributed by atoms with Crippen LogP contribution in [-0.2, 0) is 0 Å². The number of aryl methyl sites for hydroxylation is 1. The van der Waals surface area contributed by atoms with Gasteiger partial charge in [-0.15, -0.1) is 0 Å². The highest BCUT2D eigenvalue weighted by molar-refractivity contribution is 5.30. The predicted molar refractivity (Wildman–Crippen MR) is 52.9 cm³/mol. The third-order valence-corrected chi connectivity index (χ3v) is 2.15. The first-order valence-electron chi connectivity index (χ1n) is 4.62. The Balaban J connectivity index is 2.82. The third kappa shape index (κ3) is 2.45. The molecule has 0 saturated carbocycles. The number of ether oxygens (including phenoxy) is 1. The fourth-order valence-corrected chi connectivity index (χ4v) is 1.01. The SMILES string of the molecule is Cc1cccc(OC(C)[C@H](C)O)c1F. The Hall–Kier alpha value is -1.09. The van der Waals surface area contributed by atoms with Crippen molar-refractivity contribution in [2.75, 3.05) is 0 Å². The van der Waals surface area contributed by atoms with E-state index in [2.05, 4.69) is 0 Å². The molecule has 2 nitrogen and oxygen atoms in total. The van der Waals surface area contributed by atoms with E-state index in [1.165, 1.54) is 0 Å². The van der Waals surface area contributed by atoms with E-state index in [1.807, 2.05) is 0 Å². The first-order valence-corrected chi connectivity index (χ1v) is 4.62. The Kier molecular flexibility index (Phi) is 3.47. The molecule has 0 radical (unpaired) electrons. The largest absolute Gasteiger partial charge is 0.485 e. The molecule has 3 heteroatoms. The van der Waals surface area contributed by atoms with Gasteiger partial charge in [0.25, 0.3) is 0 Å². The van der Waals surface area contributed by atoms with Crippen LogP contribution in [0.1, 0.15) is 19.4 Å². The minimum absolute atomic E-state index is 0.193. The third-order valence-electron chi connectivity index (χ3n) is 2.15. The molecule has 1 rings (SSSR count). The van der Waals surface area contributed by atoms with Gasteiger partial charge in [-0.1, -0.05) is 12.1 Å². The maximum atomic E-state index is 13.4. The quantitative estimate of drug-likeness (QED) is 0.807. The summed E-state index contributed by atoms with van der Waals surface area (Å²) >= 11 is 0. The molecule has 0 aliphatic heterocycles. The van der Waals surface area contributed by atoms with Gasteiger partial charge in [0.05, 0.1) is 6.10 Å². The molecule has 2 atom stereocenters. The van der Waals surface area contributed by atoms with Gasteiger partial charge in [-0.3, -0.25) is 0 Å². The van der Waals surface area contributed by atoms with Crippen LogP contribution < -0.4 is 4.74 Å². The maximum Gasteiger partial charge on any atom is 0.167 e. The molecule has 0 spiro atoms. The molecule has 0 amide bonds. The molecule has 0 fully saturated rings. The first-order chi connectivity index (χ1) is 6.52. The standard InChI is InChI=1S/C11H15FO2/c1-7-5-4-6-10(11(7)12)14-9(3)8(2)13/h4-6,8-9,13H,1-3H3/t8-,9?/m0/s1. The van der Waals surface area contributed by atoms with Gasteiger partial charge in [-0.25, -0.2) is 4.39 Å². The number of rotatable bonds is 3. The second kappa shape index (κ2) is 4.42. The van der Waals surface area contributed by atoms with Crippen molar-refractivity contribution in [1.82, 2.24) is 0 Å². The molecule has 1 aromatic rings. The number of aliphatic hydroxyl groups excluding tert-OH is 1. The molecular weight excluding hydrogens is 183 g/mol. The zero-order valence-corrected chi connectivity index (χ0v) is 8.62. The van der Waals surface area contributed by atoms with Crippen LogP contribution in [0.5, 0.6) is 5.75 Å².